The van der Waals surface area contributed by atoms with E-state index in [4.69, 9.17) is 0 Å². The molecule has 7 nitrogen and oxygen atoms in total. The highest BCUT2D eigenvalue weighted by atomic mass is 16.2. The van der Waals surface area contributed by atoms with Crippen LogP contribution in [-0.2, 0) is 11.3 Å². The molecule has 2 heterocycles. The summed E-state index contributed by atoms with van der Waals surface area (Å²) in [5.74, 6) is 0.824. The number of carbonyl (C=O) groups is 1. The topological polar surface area (TPSA) is 75.9 Å². The Morgan fingerprint density at radius 1 is 1.21 bits per heavy atom. The van der Waals surface area contributed by atoms with Gasteiger partial charge in [-0.2, -0.15) is 4.80 Å². The number of nitrogens with zero attached hydrogens (tertiary/aromatic N) is 5. The number of carbonyl (C=O) groups excluding carboxylic acids is 1. The Morgan fingerprint density at radius 2 is 1.92 bits per heavy atom. The molecule has 2 atom stereocenters. The molecule has 0 bridgehead atoms. The number of aromatic nitrogens is 4. The van der Waals surface area contributed by atoms with E-state index < -0.39 is 0 Å². The molecule has 0 radical (unpaired) electrons. The number of aryl methyl sites for hydroxylation is 1. The van der Waals surface area contributed by atoms with Gasteiger partial charge in [0.1, 0.15) is 0 Å². The van der Waals surface area contributed by atoms with E-state index in [1.54, 1.807) is 4.80 Å². The number of amides is 1. The minimum atomic E-state index is 0.207. The lowest BCUT2D eigenvalue weighted by Crippen LogP contribution is -2.55. The van der Waals surface area contributed by atoms with E-state index in [0.29, 0.717) is 30.9 Å². The van der Waals surface area contributed by atoms with Crippen LogP contribution < -0.4 is 5.32 Å². The quantitative estimate of drug-likeness (QED) is 0.896. The summed E-state index contributed by atoms with van der Waals surface area (Å²) in [5, 5.41) is 16.0. The lowest BCUT2D eigenvalue weighted by Gasteiger charge is -2.36. The molecule has 1 aliphatic heterocycles. The first-order valence-corrected chi connectivity index (χ1v) is 8.49. The van der Waals surface area contributed by atoms with E-state index >= 15 is 0 Å². The second-order valence-electron chi connectivity index (χ2n) is 6.45. The maximum Gasteiger partial charge on any atom is 0.222 e. The molecular weight excluding hydrogens is 304 g/mol. The second-order valence-corrected chi connectivity index (χ2v) is 6.45. The van der Waals surface area contributed by atoms with Crippen LogP contribution in [0.5, 0.6) is 0 Å². The van der Waals surface area contributed by atoms with Crippen LogP contribution in [0.1, 0.15) is 26.7 Å². The summed E-state index contributed by atoms with van der Waals surface area (Å²) in [6, 6.07) is 10.5. The molecule has 7 heteroatoms. The molecule has 2 aromatic rings. The van der Waals surface area contributed by atoms with Crippen molar-refractivity contribution in [1.82, 2.24) is 30.4 Å². The van der Waals surface area contributed by atoms with Crippen LogP contribution in [0.15, 0.2) is 30.3 Å². The average Bonchev–Trinajstić information content (AvgIpc) is 3.03. The molecule has 0 saturated carbocycles. The first-order chi connectivity index (χ1) is 11.6. The minimum Gasteiger partial charge on any atom is -0.340 e. The third-order valence-electron chi connectivity index (χ3n) is 4.14. The van der Waals surface area contributed by atoms with Gasteiger partial charge >= 0.3 is 0 Å². The highest BCUT2D eigenvalue weighted by Crippen LogP contribution is 2.12. The normalized spacial score (nSPS) is 21.0. The van der Waals surface area contributed by atoms with Gasteiger partial charge in [-0.15, -0.1) is 10.2 Å². The lowest BCUT2D eigenvalue weighted by molar-refractivity contribution is -0.133. The van der Waals surface area contributed by atoms with E-state index in [1.807, 2.05) is 35.2 Å². The predicted octanol–water partition coefficient (Wildman–Crippen LogP) is 1.33. The highest BCUT2D eigenvalue weighted by molar-refractivity contribution is 5.76. The summed E-state index contributed by atoms with van der Waals surface area (Å²) in [7, 11) is 0. The third kappa shape index (κ3) is 4.17. The van der Waals surface area contributed by atoms with Gasteiger partial charge in [-0.3, -0.25) is 4.79 Å². The molecule has 1 N–H and O–H groups in total. The van der Waals surface area contributed by atoms with E-state index in [2.05, 4.69) is 34.6 Å². The zero-order valence-corrected chi connectivity index (χ0v) is 14.2. The fourth-order valence-corrected chi connectivity index (χ4v) is 3.10. The standard InChI is InChI=1S/C17H24N6O/c1-13-11-22(12-14(2)18-13)16(24)9-6-10-23-20-17(19-21-23)15-7-4-3-5-8-15/h3-5,7-8,13-14,18H,6,9-12H2,1-2H3. The Kier molecular flexibility index (Phi) is 5.20. The molecule has 3 rings (SSSR count). The van der Waals surface area contributed by atoms with Gasteiger partial charge in [0, 0.05) is 37.2 Å². The largest absolute Gasteiger partial charge is 0.340 e. The van der Waals surface area contributed by atoms with Crippen molar-refractivity contribution in [3.63, 3.8) is 0 Å². The van der Waals surface area contributed by atoms with Gasteiger partial charge in [0.25, 0.3) is 0 Å². The number of hydrogen-bond donors (Lipinski definition) is 1. The summed E-state index contributed by atoms with van der Waals surface area (Å²) in [4.78, 5) is 15.9. The number of rotatable bonds is 5. The molecular formula is C17H24N6O. The Labute approximate surface area is 142 Å². The fraction of sp³-hybridized carbons (Fsp3) is 0.529. The van der Waals surface area contributed by atoms with Crippen molar-refractivity contribution in [3.05, 3.63) is 30.3 Å². The molecule has 2 unspecified atom stereocenters. The predicted molar refractivity (Wildman–Crippen MR) is 91.1 cm³/mol. The lowest BCUT2D eigenvalue weighted by atomic mass is 10.1. The van der Waals surface area contributed by atoms with Crippen molar-refractivity contribution in [2.75, 3.05) is 13.1 Å². The molecule has 0 aliphatic carbocycles. The molecule has 1 amide bonds. The van der Waals surface area contributed by atoms with Crippen molar-refractivity contribution in [1.29, 1.82) is 0 Å². The monoisotopic (exact) mass is 328 g/mol. The van der Waals surface area contributed by atoms with Crippen LogP contribution in [0.25, 0.3) is 11.4 Å². The molecule has 1 aliphatic rings. The van der Waals surface area contributed by atoms with Crippen LogP contribution in [0, 0.1) is 0 Å². The number of benzene rings is 1. The molecule has 24 heavy (non-hydrogen) atoms. The number of tetrazole rings is 1. The zero-order valence-electron chi connectivity index (χ0n) is 14.2. The summed E-state index contributed by atoms with van der Waals surface area (Å²) in [6.07, 6.45) is 1.23. The second kappa shape index (κ2) is 7.53. The minimum absolute atomic E-state index is 0.207. The van der Waals surface area contributed by atoms with Crippen LogP contribution >= 0.6 is 0 Å². The Bertz CT molecular complexity index is 661. The summed E-state index contributed by atoms with van der Waals surface area (Å²) in [6.45, 7) is 6.38. The van der Waals surface area contributed by atoms with Crippen LogP contribution in [0.4, 0.5) is 0 Å². The van der Waals surface area contributed by atoms with Crippen molar-refractivity contribution < 1.29 is 4.79 Å². The molecule has 1 saturated heterocycles. The van der Waals surface area contributed by atoms with E-state index in [0.717, 1.165) is 25.1 Å². The van der Waals surface area contributed by atoms with E-state index in [1.165, 1.54) is 0 Å². The molecule has 0 spiro atoms. The van der Waals surface area contributed by atoms with Crippen molar-refractivity contribution in [3.8, 4) is 11.4 Å². The first kappa shape index (κ1) is 16.6. The average molecular weight is 328 g/mol. The van der Waals surface area contributed by atoms with Gasteiger partial charge in [-0.1, -0.05) is 30.3 Å². The van der Waals surface area contributed by atoms with Crippen molar-refractivity contribution in [2.45, 2.75) is 45.3 Å². The Balaban J connectivity index is 1.48. The number of piperazine rings is 1. The Morgan fingerprint density at radius 3 is 2.62 bits per heavy atom. The smallest absolute Gasteiger partial charge is 0.222 e. The van der Waals surface area contributed by atoms with E-state index in [9.17, 15) is 4.79 Å². The fourth-order valence-electron chi connectivity index (χ4n) is 3.10. The molecule has 1 aromatic heterocycles. The Hall–Kier alpha value is -2.28. The van der Waals surface area contributed by atoms with Gasteiger partial charge in [-0.05, 0) is 25.5 Å². The number of nitrogens with one attached hydrogen (secondary N) is 1. The highest BCUT2D eigenvalue weighted by Gasteiger charge is 2.24. The number of hydrogen-bond acceptors (Lipinski definition) is 5. The van der Waals surface area contributed by atoms with Crippen LogP contribution in [0.2, 0.25) is 0 Å². The van der Waals surface area contributed by atoms with Crippen LogP contribution in [0.3, 0.4) is 0 Å². The van der Waals surface area contributed by atoms with Gasteiger partial charge in [0.05, 0.1) is 6.54 Å². The zero-order chi connectivity index (χ0) is 16.9. The van der Waals surface area contributed by atoms with Crippen molar-refractivity contribution in [2.24, 2.45) is 0 Å². The van der Waals surface area contributed by atoms with Gasteiger partial charge in [0.2, 0.25) is 11.7 Å². The maximum absolute atomic E-state index is 12.3. The van der Waals surface area contributed by atoms with Gasteiger partial charge < -0.3 is 10.2 Å². The molecule has 128 valence electrons. The first-order valence-electron chi connectivity index (χ1n) is 8.49. The summed E-state index contributed by atoms with van der Waals surface area (Å²) >= 11 is 0. The van der Waals surface area contributed by atoms with Crippen LogP contribution in [-0.4, -0.2) is 56.2 Å². The summed E-state index contributed by atoms with van der Waals surface area (Å²) in [5.41, 5.74) is 0.948. The summed E-state index contributed by atoms with van der Waals surface area (Å²) < 4.78 is 0. The molecule has 1 fully saturated rings. The molecule has 1 aromatic carbocycles. The van der Waals surface area contributed by atoms with Gasteiger partial charge in [0.15, 0.2) is 0 Å². The SMILES string of the molecule is CC1CN(C(=O)CCCn2nnc(-c3ccccc3)n2)CC(C)N1. The third-order valence-corrected chi connectivity index (χ3v) is 4.14. The maximum atomic E-state index is 12.3. The van der Waals surface area contributed by atoms with Gasteiger partial charge in [-0.25, -0.2) is 0 Å². The van der Waals surface area contributed by atoms with Crippen molar-refractivity contribution >= 4 is 5.91 Å². The van der Waals surface area contributed by atoms with E-state index in [-0.39, 0.29) is 5.91 Å².